The second-order valence-electron chi connectivity index (χ2n) is 9.71. The molecule has 0 aliphatic carbocycles. The van der Waals surface area contributed by atoms with Crippen LogP contribution in [-0.2, 0) is 16.0 Å². The van der Waals surface area contributed by atoms with Crippen LogP contribution in [0.1, 0.15) is 31.2 Å². The van der Waals surface area contributed by atoms with Gasteiger partial charge in [0.25, 0.3) is 11.8 Å². The number of benzene rings is 3. The van der Waals surface area contributed by atoms with Gasteiger partial charge in [-0.2, -0.15) is 0 Å². The molecule has 36 heavy (non-hydrogen) atoms. The van der Waals surface area contributed by atoms with Crippen LogP contribution < -0.4 is 14.7 Å². The average molecular weight is 500 g/mol. The molecule has 7 heteroatoms. The van der Waals surface area contributed by atoms with E-state index in [2.05, 4.69) is 4.90 Å². The molecular weight excluding hydrogens is 474 g/mol. The number of barbiturate groups is 1. The summed E-state index contributed by atoms with van der Waals surface area (Å²) in [5, 5.41) is 0.626. The summed E-state index contributed by atoms with van der Waals surface area (Å²) < 4.78 is 0. The molecule has 182 valence electrons. The number of hydrogen-bond acceptors (Lipinski definition) is 4. The van der Waals surface area contributed by atoms with E-state index in [1.165, 1.54) is 9.80 Å². The molecule has 6 nitrogen and oxygen atoms in total. The molecule has 0 bridgehead atoms. The lowest BCUT2D eigenvalue weighted by atomic mass is 9.66. The Bertz CT molecular complexity index is 1280. The molecule has 2 fully saturated rings. The first-order valence-corrected chi connectivity index (χ1v) is 12.8. The Kier molecular flexibility index (Phi) is 5.56. The zero-order valence-corrected chi connectivity index (χ0v) is 20.5. The molecule has 0 unspecified atom stereocenters. The Morgan fingerprint density at radius 3 is 1.97 bits per heavy atom. The Labute approximate surface area is 215 Å². The zero-order chi connectivity index (χ0) is 24.9. The summed E-state index contributed by atoms with van der Waals surface area (Å²) in [5.41, 5.74) is 1.36. The van der Waals surface area contributed by atoms with E-state index in [1.54, 1.807) is 54.6 Å². The van der Waals surface area contributed by atoms with Crippen LogP contribution in [0.3, 0.4) is 0 Å². The predicted octanol–water partition coefficient (Wildman–Crippen LogP) is 5.83. The molecule has 3 aliphatic rings. The number of nitrogens with zero attached hydrogens (tertiary/aromatic N) is 3. The number of urea groups is 1. The van der Waals surface area contributed by atoms with Crippen molar-refractivity contribution >= 4 is 46.5 Å². The van der Waals surface area contributed by atoms with E-state index in [9.17, 15) is 14.4 Å². The molecule has 3 heterocycles. The van der Waals surface area contributed by atoms with Crippen molar-refractivity contribution in [3.63, 3.8) is 0 Å². The first-order chi connectivity index (χ1) is 17.5. The molecule has 4 amide bonds. The number of carbonyl (C=O) groups excluding carboxylic acids is 3. The minimum Gasteiger partial charge on any atom is -0.367 e. The van der Waals surface area contributed by atoms with Crippen LogP contribution in [0, 0.1) is 5.41 Å². The lowest BCUT2D eigenvalue weighted by molar-refractivity contribution is -0.143. The van der Waals surface area contributed by atoms with Crippen LogP contribution in [0.15, 0.2) is 78.9 Å². The number of imide groups is 2. The summed E-state index contributed by atoms with van der Waals surface area (Å²) in [6.07, 6.45) is 3.79. The van der Waals surface area contributed by atoms with Gasteiger partial charge in [0.15, 0.2) is 5.41 Å². The van der Waals surface area contributed by atoms with E-state index in [0.717, 1.165) is 37.1 Å². The molecule has 2 saturated heterocycles. The van der Waals surface area contributed by atoms with Gasteiger partial charge in [-0.25, -0.2) is 14.6 Å². The summed E-state index contributed by atoms with van der Waals surface area (Å²) in [7, 11) is 0. The molecule has 6 rings (SSSR count). The van der Waals surface area contributed by atoms with E-state index in [0.29, 0.717) is 22.8 Å². The van der Waals surface area contributed by atoms with Crippen molar-refractivity contribution in [1.29, 1.82) is 0 Å². The number of rotatable bonds is 2. The van der Waals surface area contributed by atoms with Crippen LogP contribution in [-0.4, -0.2) is 30.4 Å². The van der Waals surface area contributed by atoms with Crippen molar-refractivity contribution in [2.75, 3.05) is 21.2 Å². The van der Waals surface area contributed by atoms with Crippen LogP contribution in [0.5, 0.6) is 0 Å². The van der Waals surface area contributed by atoms with E-state index >= 15 is 0 Å². The highest BCUT2D eigenvalue weighted by molar-refractivity contribution is 6.39. The molecular formula is C29H26ClN3O3. The molecule has 3 aromatic carbocycles. The van der Waals surface area contributed by atoms with Crippen molar-refractivity contribution in [1.82, 2.24) is 0 Å². The summed E-state index contributed by atoms with van der Waals surface area (Å²) in [4.78, 5) is 47.6. The van der Waals surface area contributed by atoms with Crippen LogP contribution in [0.25, 0.3) is 0 Å². The fraction of sp³-hybridized carbons (Fsp3) is 0.276. The fourth-order valence-corrected chi connectivity index (χ4v) is 6.26. The smallest absolute Gasteiger partial charge is 0.342 e. The normalized spacial score (nSPS) is 21.3. The summed E-state index contributed by atoms with van der Waals surface area (Å²) in [6, 6.07) is 22.4. The first-order valence-electron chi connectivity index (χ1n) is 12.4. The van der Waals surface area contributed by atoms with Gasteiger partial charge in [-0.15, -0.1) is 0 Å². The van der Waals surface area contributed by atoms with Crippen LogP contribution in [0.4, 0.5) is 21.9 Å². The van der Waals surface area contributed by atoms with E-state index < -0.39 is 23.3 Å². The molecule has 3 aromatic rings. The average Bonchev–Trinajstić information content (AvgIpc) is 3.16. The molecule has 1 spiro atoms. The number of fused-ring (bicyclic) bond motifs is 4. The number of amides is 4. The van der Waals surface area contributed by atoms with Gasteiger partial charge in [0.1, 0.15) is 0 Å². The minimum atomic E-state index is -1.44. The second-order valence-corrected chi connectivity index (χ2v) is 10.2. The minimum absolute atomic E-state index is 0.221. The van der Waals surface area contributed by atoms with Gasteiger partial charge >= 0.3 is 6.03 Å². The van der Waals surface area contributed by atoms with Crippen LogP contribution in [0.2, 0.25) is 5.02 Å². The third-order valence-electron chi connectivity index (χ3n) is 7.73. The van der Waals surface area contributed by atoms with E-state index in [4.69, 9.17) is 11.6 Å². The van der Waals surface area contributed by atoms with Crippen molar-refractivity contribution in [2.45, 2.75) is 38.1 Å². The van der Waals surface area contributed by atoms with Crippen molar-refractivity contribution in [2.24, 2.45) is 5.41 Å². The Morgan fingerprint density at radius 1 is 0.750 bits per heavy atom. The maximum absolute atomic E-state index is 14.5. The maximum Gasteiger partial charge on any atom is 0.342 e. The quantitative estimate of drug-likeness (QED) is 0.416. The monoisotopic (exact) mass is 499 g/mol. The standard InChI is InChI=1S/C29H26ClN3O3/c30-21-16-15-20-19-29(25-14-8-3-9-17-31(25)24(20)18-21)26(34)32(22-10-4-1-5-11-22)28(36)33(27(29)35)23-12-6-2-7-13-23/h1-2,4-7,10-13,15-16,18,25H,3,8-9,14,17,19H2/t25-/m1/s1. The third-order valence-corrected chi connectivity index (χ3v) is 7.96. The Morgan fingerprint density at radius 2 is 1.36 bits per heavy atom. The lowest BCUT2D eigenvalue weighted by Crippen LogP contribution is -2.73. The molecule has 0 radical (unpaired) electrons. The topological polar surface area (TPSA) is 60.9 Å². The second kappa shape index (κ2) is 8.79. The zero-order valence-electron chi connectivity index (χ0n) is 19.8. The van der Waals surface area contributed by atoms with Gasteiger partial charge in [0.2, 0.25) is 0 Å². The summed E-state index contributed by atoms with van der Waals surface area (Å²) in [5.74, 6) is -0.901. The van der Waals surface area contributed by atoms with Crippen molar-refractivity contribution in [3.8, 4) is 0 Å². The Hall–Kier alpha value is -3.64. The first kappa shape index (κ1) is 22.8. The van der Waals surface area contributed by atoms with Gasteiger partial charge in [0.05, 0.1) is 17.4 Å². The SMILES string of the molecule is O=C1N(c2ccccc2)C(=O)C2(Cc3ccc(Cl)cc3N3CCCCC[C@@H]32)C(=O)N1c1ccccc1. The number of anilines is 3. The van der Waals surface area contributed by atoms with Crippen molar-refractivity contribution < 1.29 is 14.4 Å². The molecule has 0 N–H and O–H groups in total. The maximum atomic E-state index is 14.5. The van der Waals surface area contributed by atoms with Gasteiger partial charge < -0.3 is 4.90 Å². The third kappa shape index (κ3) is 3.35. The number of halogens is 1. The molecule has 0 saturated carbocycles. The lowest BCUT2D eigenvalue weighted by Gasteiger charge is -2.53. The molecule has 1 atom stereocenters. The van der Waals surface area contributed by atoms with Gasteiger partial charge in [-0.1, -0.05) is 66.9 Å². The summed E-state index contributed by atoms with van der Waals surface area (Å²) in [6.45, 7) is 0.727. The van der Waals surface area contributed by atoms with Gasteiger partial charge in [0, 0.05) is 17.3 Å². The van der Waals surface area contributed by atoms with Crippen molar-refractivity contribution in [3.05, 3.63) is 89.4 Å². The largest absolute Gasteiger partial charge is 0.367 e. The highest BCUT2D eigenvalue weighted by Crippen LogP contribution is 2.50. The van der Waals surface area contributed by atoms with Crippen LogP contribution >= 0.6 is 11.6 Å². The fourth-order valence-electron chi connectivity index (χ4n) is 6.09. The summed E-state index contributed by atoms with van der Waals surface area (Å²) >= 11 is 6.39. The van der Waals surface area contributed by atoms with Gasteiger partial charge in [-0.05, 0) is 61.2 Å². The highest BCUT2D eigenvalue weighted by Gasteiger charge is 2.64. The number of para-hydroxylation sites is 2. The van der Waals surface area contributed by atoms with Gasteiger partial charge in [-0.3, -0.25) is 9.59 Å². The number of carbonyl (C=O) groups is 3. The molecule has 3 aliphatic heterocycles. The van der Waals surface area contributed by atoms with E-state index in [-0.39, 0.29) is 12.5 Å². The van der Waals surface area contributed by atoms with E-state index in [1.807, 2.05) is 24.3 Å². The number of hydrogen-bond donors (Lipinski definition) is 0. The predicted molar refractivity (Wildman–Crippen MR) is 140 cm³/mol. The Balaban J connectivity index is 1.60. The highest BCUT2D eigenvalue weighted by atomic mass is 35.5. The molecule has 0 aromatic heterocycles.